The topological polar surface area (TPSA) is 145 Å². The molecule has 0 spiro atoms. The first kappa shape index (κ1) is 21.7. The first-order valence-electron chi connectivity index (χ1n) is 9.46. The van der Waals surface area contributed by atoms with Crippen molar-refractivity contribution in [1.82, 2.24) is 14.9 Å². The van der Waals surface area contributed by atoms with E-state index >= 15 is 0 Å². The van der Waals surface area contributed by atoms with Crippen LogP contribution in [0.25, 0.3) is 0 Å². The normalized spacial score (nSPS) is 13.2. The van der Waals surface area contributed by atoms with E-state index in [4.69, 9.17) is 0 Å². The van der Waals surface area contributed by atoms with Gasteiger partial charge in [0.2, 0.25) is 11.7 Å². The number of amides is 1. The standard InChI is InChI=1S/C20H18FN4O6P/c21-13-7-6-12(15(10-13)32(29,30)31)11-22-18(27)16-17(26)19(28)25-9-8-24(20(25)23-16)14-4-2-1-3-5-14/h1-7,10,26H,8-9,11H2,(H,22,27)(H2,29,30,31). The molecule has 0 aliphatic carbocycles. The number of nitrogens with one attached hydrogen (secondary N) is 1. The van der Waals surface area contributed by atoms with E-state index in [0.29, 0.717) is 12.6 Å². The van der Waals surface area contributed by atoms with Gasteiger partial charge in [-0.25, -0.2) is 9.37 Å². The zero-order valence-corrected chi connectivity index (χ0v) is 17.4. The molecule has 1 aliphatic heterocycles. The number of hydrogen-bond donors (Lipinski definition) is 4. The second-order valence-corrected chi connectivity index (χ2v) is 8.62. The Bertz CT molecular complexity index is 1310. The lowest BCUT2D eigenvalue weighted by Gasteiger charge is -2.18. The molecule has 4 rings (SSSR count). The zero-order valence-electron chi connectivity index (χ0n) is 16.5. The van der Waals surface area contributed by atoms with E-state index in [2.05, 4.69) is 10.3 Å². The Kier molecular flexibility index (Phi) is 5.55. The Morgan fingerprint density at radius 1 is 1.16 bits per heavy atom. The number of carbonyl (C=O) groups is 1. The fraction of sp³-hybridized carbons (Fsp3) is 0.150. The van der Waals surface area contributed by atoms with Crippen molar-refractivity contribution in [2.75, 3.05) is 11.4 Å². The lowest BCUT2D eigenvalue weighted by atomic mass is 10.2. The summed E-state index contributed by atoms with van der Waals surface area (Å²) in [4.78, 5) is 50.0. The van der Waals surface area contributed by atoms with Gasteiger partial charge in [0, 0.05) is 25.3 Å². The van der Waals surface area contributed by atoms with E-state index in [1.807, 2.05) is 30.3 Å². The maximum absolute atomic E-state index is 13.4. The van der Waals surface area contributed by atoms with Crippen LogP contribution in [0.1, 0.15) is 16.1 Å². The molecule has 0 saturated carbocycles. The molecule has 32 heavy (non-hydrogen) atoms. The van der Waals surface area contributed by atoms with Crippen LogP contribution in [-0.4, -0.2) is 36.9 Å². The molecule has 0 saturated heterocycles. The summed E-state index contributed by atoms with van der Waals surface area (Å²) >= 11 is 0. The molecule has 0 atom stereocenters. The van der Waals surface area contributed by atoms with Crippen molar-refractivity contribution in [2.45, 2.75) is 13.1 Å². The average molecular weight is 460 g/mol. The van der Waals surface area contributed by atoms with Crippen molar-refractivity contribution in [3.8, 4) is 5.75 Å². The van der Waals surface area contributed by atoms with Crippen LogP contribution in [0.4, 0.5) is 16.0 Å². The Morgan fingerprint density at radius 3 is 2.56 bits per heavy atom. The molecule has 0 unspecified atom stereocenters. The number of aromatic nitrogens is 2. The van der Waals surface area contributed by atoms with Gasteiger partial charge in [0.15, 0.2) is 5.69 Å². The highest BCUT2D eigenvalue weighted by molar-refractivity contribution is 7.60. The fourth-order valence-corrected chi connectivity index (χ4v) is 4.29. The van der Waals surface area contributed by atoms with Crippen LogP contribution in [-0.2, 0) is 17.7 Å². The third-order valence-corrected chi connectivity index (χ3v) is 6.04. The largest absolute Gasteiger partial charge is 0.501 e. The SMILES string of the molecule is O=C(NCc1ccc(F)cc1P(=O)(O)O)c1nc2n(c(=O)c1O)CCN2c1ccccc1. The van der Waals surface area contributed by atoms with Gasteiger partial charge in [-0.3, -0.25) is 18.7 Å². The van der Waals surface area contributed by atoms with E-state index in [0.717, 1.165) is 17.8 Å². The second kappa shape index (κ2) is 8.19. The molecule has 10 nitrogen and oxygen atoms in total. The molecule has 1 amide bonds. The van der Waals surface area contributed by atoms with Crippen LogP contribution in [0.5, 0.6) is 5.75 Å². The Morgan fingerprint density at radius 2 is 1.88 bits per heavy atom. The second-order valence-electron chi connectivity index (χ2n) is 7.05. The van der Waals surface area contributed by atoms with Gasteiger partial charge in [-0.15, -0.1) is 0 Å². The number of fused-ring (bicyclic) bond motifs is 1. The van der Waals surface area contributed by atoms with Crippen LogP contribution in [0.15, 0.2) is 53.3 Å². The van der Waals surface area contributed by atoms with Crippen molar-refractivity contribution in [1.29, 1.82) is 0 Å². The van der Waals surface area contributed by atoms with Crippen molar-refractivity contribution in [2.24, 2.45) is 0 Å². The summed E-state index contributed by atoms with van der Waals surface area (Å²) < 4.78 is 26.3. The number of halogens is 1. The maximum Gasteiger partial charge on any atom is 0.356 e. The Labute approximate surface area is 180 Å². The summed E-state index contributed by atoms with van der Waals surface area (Å²) in [5.41, 5.74) is -0.572. The Balaban J connectivity index is 1.64. The van der Waals surface area contributed by atoms with Crippen LogP contribution >= 0.6 is 7.60 Å². The molecule has 12 heteroatoms. The monoisotopic (exact) mass is 460 g/mol. The molecule has 0 fully saturated rings. The van der Waals surface area contributed by atoms with Crippen molar-refractivity contribution in [3.05, 3.63) is 76.0 Å². The number of nitrogens with zero attached hydrogens (tertiary/aromatic N) is 3. The number of carbonyl (C=O) groups excluding carboxylic acids is 1. The highest BCUT2D eigenvalue weighted by Crippen LogP contribution is 2.35. The minimum Gasteiger partial charge on any atom is -0.501 e. The van der Waals surface area contributed by atoms with Crippen molar-refractivity contribution >= 4 is 30.4 Å². The Hall–Kier alpha value is -3.53. The minimum absolute atomic E-state index is 0.0173. The van der Waals surface area contributed by atoms with Crippen LogP contribution < -0.4 is 21.1 Å². The summed E-state index contributed by atoms with van der Waals surface area (Å²) in [5, 5.41) is 12.1. The number of hydrogen-bond acceptors (Lipinski definition) is 6. The minimum atomic E-state index is -4.80. The summed E-state index contributed by atoms with van der Waals surface area (Å²) in [6.45, 7) is 0.298. The molecule has 1 aliphatic rings. The quantitative estimate of drug-likeness (QED) is 0.412. The van der Waals surface area contributed by atoms with Gasteiger partial charge in [0.25, 0.3) is 11.5 Å². The van der Waals surface area contributed by atoms with Crippen LogP contribution in [0.2, 0.25) is 0 Å². The average Bonchev–Trinajstić information content (AvgIpc) is 3.19. The van der Waals surface area contributed by atoms with Gasteiger partial charge in [-0.2, -0.15) is 0 Å². The van der Waals surface area contributed by atoms with Gasteiger partial charge < -0.3 is 25.1 Å². The van der Waals surface area contributed by atoms with Crippen molar-refractivity contribution < 1.29 is 28.6 Å². The van der Waals surface area contributed by atoms with E-state index < -0.39 is 41.6 Å². The fourth-order valence-electron chi connectivity index (χ4n) is 3.47. The van der Waals surface area contributed by atoms with E-state index in [1.54, 1.807) is 4.90 Å². The number of para-hydroxylation sites is 1. The molecular weight excluding hydrogens is 442 g/mol. The summed E-state index contributed by atoms with van der Waals surface area (Å²) in [7, 11) is -4.80. The highest BCUT2D eigenvalue weighted by atomic mass is 31.2. The number of anilines is 2. The van der Waals surface area contributed by atoms with E-state index in [1.165, 1.54) is 4.57 Å². The third kappa shape index (κ3) is 4.01. The van der Waals surface area contributed by atoms with Gasteiger partial charge in [-0.1, -0.05) is 24.3 Å². The summed E-state index contributed by atoms with van der Waals surface area (Å²) in [5.74, 6) is -2.42. The van der Waals surface area contributed by atoms with E-state index in [9.17, 15) is 33.4 Å². The molecular formula is C20H18FN4O6P. The summed E-state index contributed by atoms with van der Waals surface area (Å²) in [6.07, 6.45) is 0. The molecule has 2 heterocycles. The lowest BCUT2D eigenvalue weighted by Crippen LogP contribution is -2.30. The molecule has 166 valence electrons. The van der Waals surface area contributed by atoms with Gasteiger partial charge in [0.05, 0.1) is 5.30 Å². The third-order valence-electron chi connectivity index (χ3n) is 5.00. The molecule has 2 aromatic carbocycles. The first-order chi connectivity index (χ1) is 15.2. The van der Waals surface area contributed by atoms with Crippen LogP contribution in [0.3, 0.4) is 0 Å². The molecule has 1 aromatic heterocycles. The number of rotatable bonds is 5. The lowest BCUT2D eigenvalue weighted by molar-refractivity contribution is 0.0942. The number of aromatic hydroxyl groups is 1. The summed E-state index contributed by atoms with van der Waals surface area (Å²) in [6, 6.07) is 11.9. The molecule has 4 N–H and O–H groups in total. The predicted molar refractivity (Wildman–Crippen MR) is 113 cm³/mol. The molecule has 0 radical (unpaired) electrons. The smallest absolute Gasteiger partial charge is 0.356 e. The molecule has 3 aromatic rings. The van der Waals surface area contributed by atoms with Gasteiger partial charge >= 0.3 is 7.60 Å². The van der Waals surface area contributed by atoms with Crippen LogP contribution in [0, 0.1) is 5.82 Å². The molecule has 0 bridgehead atoms. The first-order valence-corrected chi connectivity index (χ1v) is 11.1. The zero-order chi connectivity index (χ0) is 23.0. The highest BCUT2D eigenvalue weighted by Gasteiger charge is 2.29. The predicted octanol–water partition coefficient (Wildman–Crippen LogP) is 0.973. The maximum atomic E-state index is 13.4. The van der Waals surface area contributed by atoms with Crippen molar-refractivity contribution in [3.63, 3.8) is 0 Å². The number of benzene rings is 2. The van der Waals surface area contributed by atoms with Gasteiger partial charge in [0.1, 0.15) is 5.82 Å². The van der Waals surface area contributed by atoms with E-state index in [-0.39, 0.29) is 24.6 Å². The van der Waals surface area contributed by atoms with Gasteiger partial charge in [-0.05, 0) is 29.8 Å².